The first-order chi connectivity index (χ1) is 8.49. The fourth-order valence-corrected chi connectivity index (χ4v) is 3.85. The van der Waals surface area contributed by atoms with Crippen LogP contribution >= 0.6 is 54.5 Å². The van der Waals surface area contributed by atoms with Crippen LogP contribution in [0.15, 0.2) is 40.9 Å². The molecule has 0 radical (unpaired) electrons. The third-order valence-electron chi connectivity index (χ3n) is 2.47. The van der Waals surface area contributed by atoms with E-state index in [2.05, 4.69) is 54.5 Å². The summed E-state index contributed by atoms with van der Waals surface area (Å²) >= 11 is 8.80. The van der Waals surface area contributed by atoms with Crippen molar-refractivity contribution in [3.8, 4) is 0 Å². The molecule has 0 amide bonds. The Hall–Kier alpha value is -0.0100. The van der Waals surface area contributed by atoms with E-state index in [1.807, 2.05) is 0 Å². The number of alkyl halides is 1. The molecule has 0 aliphatic rings. The first kappa shape index (κ1) is 14.4. The average Bonchev–Trinajstić information content (AvgIpc) is 2.32. The summed E-state index contributed by atoms with van der Waals surface area (Å²) in [5, 5.41) is 0. The summed E-state index contributed by atoms with van der Waals surface area (Å²) in [7, 11) is 0. The molecule has 1 atom stereocenters. The van der Waals surface area contributed by atoms with Crippen molar-refractivity contribution in [1.82, 2.24) is 0 Å². The van der Waals surface area contributed by atoms with Gasteiger partial charge in [0, 0.05) is 3.57 Å². The van der Waals surface area contributed by atoms with Gasteiger partial charge >= 0.3 is 0 Å². The van der Waals surface area contributed by atoms with E-state index < -0.39 is 0 Å². The lowest BCUT2D eigenvalue weighted by molar-refractivity contribution is 0.620. The maximum atomic E-state index is 13.2. The van der Waals surface area contributed by atoms with Crippen LogP contribution in [0.3, 0.4) is 0 Å². The van der Waals surface area contributed by atoms with E-state index in [9.17, 15) is 8.78 Å². The third kappa shape index (κ3) is 3.11. The summed E-state index contributed by atoms with van der Waals surface area (Å²) in [4.78, 5) is -0.0955. The third-order valence-corrected chi connectivity index (χ3v) is 5.04. The van der Waals surface area contributed by atoms with Crippen molar-refractivity contribution in [3.05, 3.63) is 67.2 Å². The number of rotatable bonds is 2. The van der Waals surface area contributed by atoms with Crippen LogP contribution in [0.25, 0.3) is 0 Å². The van der Waals surface area contributed by atoms with Crippen molar-refractivity contribution in [2.45, 2.75) is 4.83 Å². The fraction of sp³-hybridized carbons (Fsp3) is 0.0769. The van der Waals surface area contributed by atoms with Gasteiger partial charge < -0.3 is 0 Å². The second-order valence-electron chi connectivity index (χ2n) is 3.70. The van der Waals surface area contributed by atoms with Gasteiger partial charge in [0.1, 0.15) is 11.6 Å². The largest absolute Gasteiger partial charge is 0.207 e. The van der Waals surface area contributed by atoms with Crippen LogP contribution < -0.4 is 0 Å². The van der Waals surface area contributed by atoms with E-state index in [-0.39, 0.29) is 16.5 Å². The second-order valence-corrected chi connectivity index (χ2v) is 6.63. The molecule has 0 saturated carbocycles. The Morgan fingerprint density at radius 2 is 1.78 bits per heavy atom. The highest BCUT2D eigenvalue weighted by Gasteiger charge is 2.15. The quantitative estimate of drug-likeness (QED) is 0.370. The number of halogens is 5. The zero-order valence-corrected chi connectivity index (χ0v) is 14.3. The molecule has 0 fully saturated rings. The highest BCUT2D eigenvalue weighted by Crippen LogP contribution is 2.35. The van der Waals surface area contributed by atoms with Crippen LogP contribution in [-0.2, 0) is 0 Å². The Kier molecular flexibility index (Phi) is 4.77. The fourth-order valence-electron chi connectivity index (χ4n) is 1.56. The Morgan fingerprint density at radius 1 is 1.06 bits per heavy atom. The predicted octanol–water partition coefficient (Wildman–Crippen LogP) is 5.82. The lowest BCUT2D eigenvalue weighted by atomic mass is 10.0. The molecular formula is C13H7Br2F2I. The molecule has 0 heterocycles. The van der Waals surface area contributed by atoms with E-state index >= 15 is 0 Å². The highest BCUT2D eigenvalue weighted by atomic mass is 127. The van der Waals surface area contributed by atoms with E-state index in [1.54, 1.807) is 18.2 Å². The highest BCUT2D eigenvalue weighted by molar-refractivity contribution is 14.1. The van der Waals surface area contributed by atoms with E-state index in [0.29, 0.717) is 4.47 Å². The van der Waals surface area contributed by atoms with Crippen LogP contribution in [0, 0.1) is 15.2 Å². The van der Waals surface area contributed by atoms with Gasteiger partial charge in [-0.25, -0.2) is 8.78 Å². The minimum Gasteiger partial charge on any atom is -0.207 e. The molecule has 1 unspecified atom stereocenters. The summed E-state index contributed by atoms with van der Waals surface area (Å²) < 4.78 is 27.5. The molecule has 18 heavy (non-hydrogen) atoms. The smallest absolute Gasteiger partial charge is 0.137 e. The van der Waals surface area contributed by atoms with Gasteiger partial charge in [0.25, 0.3) is 0 Å². The molecule has 2 aromatic rings. The molecule has 0 aromatic heterocycles. The molecule has 0 aliphatic carbocycles. The molecule has 0 N–H and O–H groups in total. The predicted molar refractivity (Wildman–Crippen MR) is 84.0 cm³/mol. The van der Waals surface area contributed by atoms with Crippen molar-refractivity contribution >= 4 is 54.5 Å². The topological polar surface area (TPSA) is 0 Å². The molecule has 2 rings (SSSR count). The van der Waals surface area contributed by atoms with Crippen molar-refractivity contribution < 1.29 is 8.78 Å². The first-order valence-electron chi connectivity index (χ1n) is 5.03. The van der Waals surface area contributed by atoms with Gasteiger partial charge in [0.2, 0.25) is 0 Å². The Balaban J connectivity index is 2.41. The van der Waals surface area contributed by atoms with Crippen molar-refractivity contribution in [2.24, 2.45) is 0 Å². The van der Waals surface area contributed by atoms with Crippen molar-refractivity contribution in [1.29, 1.82) is 0 Å². The Bertz CT molecular complexity index is 587. The SMILES string of the molecule is Fc1ccc(C(Br)c2ccc(F)c(Br)c2)c(I)c1. The summed E-state index contributed by atoms with van der Waals surface area (Å²) in [6, 6.07) is 9.46. The summed E-state index contributed by atoms with van der Waals surface area (Å²) in [5.41, 5.74) is 1.86. The number of hydrogen-bond acceptors (Lipinski definition) is 0. The van der Waals surface area contributed by atoms with E-state index in [1.165, 1.54) is 18.2 Å². The van der Waals surface area contributed by atoms with Crippen molar-refractivity contribution in [3.63, 3.8) is 0 Å². The van der Waals surface area contributed by atoms with Crippen LogP contribution in [-0.4, -0.2) is 0 Å². The monoisotopic (exact) mass is 486 g/mol. The lowest BCUT2D eigenvalue weighted by Crippen LogP contribution is -1.97. The van der Waals surface area contributed by atoms with E-state index in [0.717, 1.165) is 14.7 Å². The summed E-state index contributed by atoms with van der Waals surface area (Å²) in [6.45, 7) is 0. The minimum absolute atomic E-state index is 0.0955. The molecule has 0 spiro atoms. The molecule has 94 valence electrons. The van der Waals surface area contributed by atoms with Crippen LogP contribution in [0.1, 0.15) is 16.0 Å². The number of benzene rings is 2. The van der Waals surface area contributed by atoms with Gasteiger partial charge in [0.15, 0.2) is 0 Å². The molecule has 0 nitrogen and oxygen atoms in total. The van der Waals surface area contributed by atoms with E-state index in [4.69, 9.17) is 0 Å². The molecule has 0 aliphatic heterocycles. The molecular weight excluding hydrogens is 481 g/mol. The maximum absolute atomic E-state index is 13.2. The normalized spacial score (nSPS) is 12.5. The molecule has 2 aromatic carbocycles. The van der Waals surface area contributed by atoms with Gasteiger partial charge in [0.05, 0.1) is 9.30 Å². The summed E-state index contributed by atoms with van der Waals surface area (Å²) in [6.07, 6.45) is 0. The first-order valence-corrected chi connectivity index (χ1v) is 7.81. The van der Waals surface area contributed by atoms with Gasteiger partial charge in [-0.3, -0.25) is 0 Å². The lowest BCUT2D eigenvalue weighted by Gasteiger charge is -2.13. The van der Waals surface area contributed by atoms with Crippen LogP contribution in [0.2, 0.25) is 0 Å². The molecule has 0 saturated heterocycles. The minimum atomic E-state index is -0.299. The Morgan fingerprint density at radius 3 is 2.39 bits per heavy atom. The standard InChI is InChI=1S/C13H7Br2F2I/c14-10-5-7(1-4-11(10)17)13(15)9-3-2-8(16)6-12(9)18/h1-6,13H. The summed E-state index contributed by atoms with van der Waals surface area (Å²) in [5.74, 6) is -0.560. The van der Waals surface area contributed by atoms with Crippen LogP contribution in [0.4, 0.5) is 8.78 Å². The maximum Gasteiger partial charge on any atom is 0.137 e. The zero-order valence-electron chi connectivity index (χ0n) is 8.93. The van der Waals surface area contributed by atoms with Gasteiger partial charge in [-0.15, -0.1) is 0 Å². The molecule has 0 bridgehead atoms. The van der Waals surface area contributed by atoms with Crippen molar-refractivity contribution in [2.75, 3.05) is 0 Å². The van der Waals surface area contributed by atoms with Gasteiger partial charge in [-0.1, -0.05) is 28.1 Å². The Labute approximate surface area is 134 Å². The van der Waals surface area contributed by atoms with Gasteiger partial charge in [-0.2, -0.15) is 0 Å². The zero-order chi connectivity index (χ0) is 13.3. The molecule has 5 heteroatoms. The average molecular weight is 488 g/mol. The number of hydrogen-bond donors (Lipinski definition) is 0. The second kappa shape index (κ2) is 5.96. The van der Waals surface area contributed by atoms with Crippen LogP contribution in [0.5, 0.6) is 0 Å². The van der Waals surface area contributed by atoms with Gasteiger partial charge in [-0.05, 0) is 73.9 Å².